The first-order valence-electron chi connectivity index (χ1n) is 5.63. The van der Waals surface area contributed by atoms with Crippen LogP contribution in [0.4, 0.5) is 0 Å². The van der Waals surface area contributed by atoms with Gasteiger partial charge in [0, 0.05) is 14.2 Å². The van der Waals surface area contributed by atoms with E-state index >= 15 is 0 Å². The van der Waals surface area contributed by atoms with E-state index in [1.54, 1.807) is 14.2 Å². The highest BCUT2D eigenvalue weighted by Crippen LogP contribution is 2.19. The molecule has 1 rings (SSSR count). The zero-order valence-corrected chi connectivity index (χ0v) is 9.42. The van der Waals surface area contributed by atoms with Crippen LogP contribution in [0.3, 0.4) is 0 Å². The standard InChI is InChI=1S/C11H21BO2/c1-13-12(14-2)11-9-7-5-3-4-6-8-10-11/h9H,3-8,10H2,1-2H3. The molecule has 0 amide bonds. The summed E-state index contributed by atoms with van der Waals surface area (Å²) in [5.41, 5.74) is 1.33. The molecule has 0 unspecified atom stereocenters. The maximum atomic E-state index is 5.29. The van der Waals surface area contributed by atoms with Gasteiger partial charge in [0.05, 0.1) is 0 Å². The molecular formula is C11H21BO2. The van der Waals surface area contributed by atoms with Gasteiger partial charge < -0.3 is 9.31 Å². The summed E-state index contributed by atoms with van der Waals surface area (Å²) in [4.78, 5) is 0. The molecule has 0 heterocycles. The van der Waals surface area contributed by atoms with Crippen LogP contribution in [0.25, 0.3) is 0 Å². The predicted molar refractivity (Wildman–Crippen MR) is 60.2 cm³/mol. The van der Waals surface area contributed by atoms with Crippen molar-refractivity contribution in [3.63, 3.8) is 0 Å². The van der Waals surface area contributed by atoms with E-state index in [0.29, 0.717) is 0 Å². The average Bonchev–Trinajstić information content (AvgIpc) is 2.34. The first-order valence-corrected chi connectivity index (χ1v) is 5.63. The summed E-state index contributed by atoms with van der Waals surface area (Å²) >= 11 is 0. The zero-order valence-electron chi connectivity index (χ0n) is 9.42. The summed E-state index contributed by atoms with van der Waals surface area (Å²) in [5.74, 6) is 0. The lowest BCUT2D eigenvalue weighted by Crippen LogP contribution is -2.22. The van der Waals surface area contributed by atoms with Crippen LogP contribution in [0, 0.1) is 0 Å². The van der Waals surface area contributed by atoms with Crippen molar-refractivity contribution in [2.24, 2.45) is 0 Å². The van der Waals surface area contributed by atoms with Gasteiger partial charge in [-0.25, -0.2) is 0 Å². The van der Waals surface area contributed by atoms with Crippen molar-refractivity contribution in [1.82, 2.24) is 0 Å². The monoisotopic (exact) mass is 196 g/mol. The van der Waals surface area contributed by atoms with Crippen LogP contribution >= 0.6 is 0 Å². The van der Waals surface area contributed by atoms with Gasteiger partial charge in [-0.3, -0.25) is 0 Å². The molecule has 0 N–H and O–H groups in total. The Bertz CT molecular complexity index is 176. The molecule has 0 bridgehead atoms. The minimum absolute atomic E-state index is 0.118. The van der Waals surface area contributed by atoms with E-state index in [0.717, 1.165) is 6.42 Å². The lowest BCUT2D eigenvalue weighted by atomic mass is 9.75. The Morgan fingerprint density at radius 1 is 1.00 bits per heavy atom. The molecule has 0 aliphatic heterocycles. The van der Waals surface area contributed by atoms with Gasteiger partial charge in [0.2, 0.25) is 0 Å². The van der Waals surface area contributed by atoms with E-state index in [9.17, 15) is 0 Å². The molecule has 0 fully saturated rings. The fraction of sp³-hybridized carbons (Fsp3) is 0.818. The molecule has 1 aliphatic rings. The number of hydrogen-bond donors (Lipinski definition) is 0. The van der Waals surface area contributed by atoms with E-state index < -0.39 is 0 Å². The van der Waals surface area contributed by atoms with Crippen molar-refractivity contribution in [2.75, 3.05) is 14.2 Å². The molecule has 14 heavy (non-hydrogen) atoms. The summed E-state index contributed by atoms with van der Waals surface area (Å²) in [5, 5.41) is 0. The molecule has 1 aliphatic carbocycles. The van der Waals surface area contributed by atoms with Gasteiger partial charge >= 0.3 is 7.12 Å². The first kappa shape index (κ1) is 11.8. The van der Waals surface area contributed by atoms with Crippen LogP contribution in [-0.2, 0) is 9.31 Å². The molecule has 80 valence electrons. The molecule has 0 aromatic rings. The summed E-state index contributed by atoms with van der Waals surface area (Å²) in [6.45, 7) is 0. The minimum atomic E-state index is -0.118. The molecule has 0 aromatic heterocycles. The van der Waals surface area contributed by atoms with Crippen LogP contribution in [0.15, 0.2) is 11.5 Å². The largest absolute Gasteiger partial charge is 0.488 e. The van der Waals surface area contributed by atoms with Crippen molar-refractivity contribution in [1.29, 1.82) is 0 Å². The molecule has 0 saturated heterocycles. The van der Waals surface area contributed by atoms with Gasteiger partial charge in [-0.1, -0.05) is 31.8 Å². The van der Waals surface area contributed by atoms with Gasteiger partial charge in [-0.15, -0.1) is 0 Å². The summed E-state index contributed by atoms with van der Waals surface area (Å²) in [6.07, 6.45) is 11.3. The molecule has 3 heteroatoms. The Kier molecular flexibility index (Phi) is 5.96. The van der Waals surface area contributed by atoms with E-state index in [2.05, 4.69) is 6.08 Å². The topological polar surface area (TPSA) is 18.5 Å². The van der Waals surface area contributed by atoms with Crippen LogP contribution in [-0.4, -0.2) is 21.3 Å². The van der Waals surface area contributed by atoms with Crippen LogP contribution in [0.2, 0.25) is 0 Å². The number of allylic oxidation sites excluding steroid dienone is 2. The van der Waals surface area contributed by atoms with Crippen molar-refractivity contribution in [3.05, 3.63) is 11.5 Å². The highest BCUT2D eigenvalue weighted by Gasteiger charge is 2.20. The summed E-state index contributed by atoms with van der Waals surface area (Å²) in [7, 11) is 3.30. The molecule has 0 saturated carbocycles. The van der Waals surface area contributed by atoms with Gasteiger partial charge in [-0.2, -0.15) is 0 Å². The Balaban J connectivity index is 2.51. The van der Waals surface area contributed by atoms with Crippen molar-refractivity contribution in [3.8, 4) is 0 Å². The maximum absolute atomic E-state index is 5.29. The van der Waals surface area contributed by atoms with Crippen molar-refractivity contribution in [2.45, 2.75) is 44.9 Å². The lowest BCUT2D eigenvalue weighted by molar-refractivity contribution is 0.285. The van der Waals surface area contributed by atoms with Gasteiger partial charge in [-0.05, 0) is 24.7 Å². The second-order valence-electron chi connectivity index (χ2n) is 3.89. The summed E-state index contributed by atoms with van der Waals surface area (Å²) in [6, 6.07) is 0. The number of rotatable bonds is 3. The van der Waals surface area contributed by atoms with E-state index in [-0.39, 0.29) is 7.12 Å². The third-order valence-electron chi connectivity index (χ3n) is 2.81. The molecule has 0 aromatic carbocycles. The Hall–Kier alpha value is -0.275. The smallest absolute Gasteiger partial charge is 0.410 e. The highest BCUT2D eigenvalue weighted by atomic mass is 16.6. The molecule has 0 spiro atoms. The van der Waals surface area contributed by atoms with Crippen LogP contribution < -0.4 is 0 Å². The number of hydrogen-bond acceptors (Lipinski definition) is 2. The Labute approximate surface area is 87.8 Å². The van der Waals surface area contributed by atoms with E-state index in [1.165, 1.54) is 44.0 Å². The second kappa shape index (κ2) is 7.07. The first-order chi connectivity index (χ1) is 6.88. The van der Waals surface area contributed by atoms with Gasteiger partial charge in [0.1, 0.15) is 0 Å². The van der Waals surface area contributed by atoms with Crippen LogP contribution in [0.5, 0.6) is 0 Å². The fourth-order valence-corrected chi connectivity index (χ4v) is 2.01. The summed E-state index contributed by atoms with van der Waals surface area (Å²) < 4.78 is 10.6. The van der Waals surface area contributed by atoms with Crippen molar-refractivity contribution < 1.29 is 9.31 Å². The molecular weight excluding hydrogens is 175 g/mol. The SMILES string of the molecule is COB(OC)C1=CCCCCCCC1. The zero-order chi connectivity index (χ0) is 10.2. The highest BCUT2D eigenvalue weighted by molar-refractivity contribution is 6.53. The van der Waals surface area contributed by atoms with Crippen LogP contribution in [0.1, 0.15) is 44.9 Å². The van der Waals surface area contributed by atoms with E-state index in [4.69, 9.17) is 9.31 Å². The fourth-order valence-electron chi connectivity index (χ4n) is 2.01. The molecule has 2 nitrogen and oxygen atoms in total. The minimum Gasteiger partial charge on any atom is -0.410 e. The Morgan fingerprint density at radius 3 is 2.36 bits per heavy atom. The average molecular weight is 196 g/mol. The van der Waals surface area contributed by atoms with E-state index in [1.807, 2.05) is 0 Å². The van der Waals surface area contributed by atoms with Crippen molar-refractivity contribution >= 4 is 7.12 Å². The molecule has 0 atom stereocenters. The lowest BCUT2D eigenvalue weighted by Gasteiger charge is -2.12. The van der Waals surface area contributed by atoms with Gasteiger partial charge in [0.15, 0.2) is 0 Å². The molecule has 0 radical (unpaired) electrons. The predicted octanol–water partition coefficient (Wildman–Crippen LogP) is 2.98. The normalized spacial score (nSPS) is 19.1. The third-order valence-corrected chi connectivity index (χ3v) is 2.81. The maximum Gasteiger partial charge on any atom is 0.488 e. The quantitative estimate of drug-likeness (QED) is 0.646. The third kappa shape index (κ3) is 3.85. The Morgan fingerprint density at radius 2 is 1.64 bits per heavy atom. The van der Waals surface area contributed by atoms with Gasteiger partial charge in [0.25, 0.3) is 0 Å². The second-order valence-corrected chi connectivity index (χ2v) is 3.89.